The van der Waals surface area contributed by atoms with Gasteiger partial charge in [0.15, 0.2) is 0 Å². The van der Waals surface area contributed by atoms with Crippen LogP contribution in [0.5, 0.6) is 0 Å². The Morgan fingerprint density at radius 2 is 2.00 bits per heavy atom. The van der Waals surface area contributed by atoms with Gasteiger partial charge in [0, 0.05) is 6.07 Å². The number of H-pyrrole nitrogens is 1. The van der Waals surface area contributed by atoms with Crippen molar-refractivity contribution in [2.75, 3.05) is 0 Å². The van der Waals surface area contributed by atoms with Gasteiger partial charge >= 0.3 is 0 Å². The summed E-state index contributed by atoms with van der Waals surface area (Å²) in [5.74, 6) is 0. The second-order valence-corrected chi connectivity index (χ2v) is 4.48. The van der Waals surface area contributed by atoms with Gasteiger partial charge in [-0.2, -0.15) is 0 Å². The summed E-state index contributed by atoms with van der Waals surface area (Å²) in [5, 5.41) is 3.93. The van der Waals surface area contributed by atoms with Gasteiger partial charge in [-0.15, -0.1) is 0 Å². The first-order chi connectivity index (χ1) is 6.73. The summed E-state index contributed by atoms with van der Waals surface area (Å²) in [4.78, 5) is 11.7. The topological polar surface area (TPSA) is 93.0 Å². The van der Waals surface area contributed by atoms with Gasteiger partial charge in [-0.1, -0.05) is 11.6 Å². The molecular weight excluding hydrogens is 254 g/mol. The lowest BCUT2D eigenvalue weighted by atomic mass is 10.3. The molecule has 3 N–H and O–H groups in total. The smallest absolute Gasteiger partial charge is 0.268 e. The van der Waals surface area contributed by atoms with E-state index in [1.54, 1.807) is 0 Å². The molecule has 0 atom stereocenters. The van der Waals surface area contributed by atoms with Crippen molar-refractivity contribution in [2.45, 2.75) is 11.3 Å². The van der Waals surface area contributed by atoms with Crippen molar-refractivity contribution in [3.63, 3.8) is 0 Å². The summed E-state index contributed by atoms with van der Waals surface area (Å²) in [5.41, 5.74) is -1.92. The van der Waals surface area contributed by atoms with E-state index >= 15 is 0 Å². The van der Waals surface area contributed by atoms with Crippen LogP contribution in [0.15, 0.2) is 15.8 Å². The minimum Gasteiger partial charge on any atom is -0.312 e. The zero-order chi connectivity index (χ0) is 11.8. The number of nitrogens with two attached hydrogens (primary N) is 1. The molecule has 0 unspecified atom stereocenters. The van der Waals surface area contributed by atoms with E-state index in [2.05, 4.69) is 5.14 Å². The molecule has 0 aliphatic heterocycles. The molecule has 0 spiro atoms. The molecule has 0 aliphatic carbocycles. The van der Waals surface area contributed by atoms with Crippen molar-refractivity contribution < 1.29 is 17.2 Å². The Hall–Kier alpha value is -0.990. The number of pyridine rings is 1. The zero-order valence-electron chi connectivity index (χ0n) is 7.00. The maximum Gasteiger partial charge on any atom is 0.268 e. The number of alkyl halides is 2. The molecule has 9 heteroatoms. The summed E-state index contributed by atoms with van der Waals surface area (Å²) < 4.78 is 46.6. The minimum absolute atomic E-state index is 0.461. The molecule has 0 bridgehead atoms. The molecule has 0 aromatic carbocycles. The molecule has 0 saturated carbocycles. The predicted octanol–water partition coefficient (Wildman–Crippen LogP) is 0.613. The van der Waals surface area contributed by atoms with E-state index in [-0.39, 0.29) is 0 Å². The molecule has 0 radical (unpaired) electrons. The number of nitrogens with one attached hydrogen (secondary N) is 1. The minimum atomic E-state index is -4.41. The van der Waals surface area contributed by atoms with Crippen LogP contribution in [-0.4, -0.2) is 13.4 Å². The van der Waals surface area contributed by atoms with Crippen LogP contribution in [0.1, 0.15) is 12.0 Å². The molecule has 1 rings (SSSR count). The van der Waals surface area contributed by atoms with Crippen LogP contribution in [0.3, 0.4) is 0 Å². The van der Waals surface area contributed by atoms with Gasteiger partial charge in [-0.3, -0.25) is 4.79 Å². The Bertz CT molecular complexity index is 540. The molecule has 1 heterocycles. The van der Waals surface area contributed by atoms with E-state index in [4.69, 9.17) is 11.6 Å². The van der Waals surface area contributed by atoms with Gasteiger partial charge < -0.3 is 4.98 Å². The van der Waals surface area contributed by atoms with Gasteiger partial charge in [0.25, 0.3) is 6.43 Å². The molecule has 0 aliphatic rings. The molecule has 0 saturated heterocycles. The first-order valence-corrected chi connectivity index (χ1v) is 5.39. The maximum atomic E-state index is 12.4. The number of sulfonamides is 1. The van der Waals surface area contributed by atoms with Crippen LogP contribution in [-0.2, 0) is 10.0 Å². The summed E-state index contributed by atoms with van der Waals surface area (Å²) in [6, 6.07) is 0.461. The number of aromatic nitrogens is 1. The van der Waals surface area contributed by atoms with Gasteiger partial charge in [0.1, 0.15) is 5.15 Å². The second kappa shape index (κ2) is 3.87. The lowest BCUT2D eigenvalue weighted by molar-refractivity contribution is 0.147. The lowest BCUT2D eigenvalue weighted by Crippen LogP contribution is -2.19. The number of hydrogen-bond donors (Lipinski definition) is 2. The predicted molar refractivity (Wildman–Crippen MR) is 48.4 cm³/mol. The fraction of sp³-hybridized carbons (Fsp3) is 0.167. The van der Waals surface area contributed by atoms with Crippen LogP contribution in [0.2, 0.25) is 5.15 Å². The quantitative estimate of drug-likeness (QED) is 0.761. The van der Waals surface area contributed by atoms with E-state index in [0.29, 0.717) is 6.07 Å². The summed E-state index contributed by atoms with van der Waals surface area (Å²) in [7, 11) is -4.41. The van der Waals surface area contributed by atoms with Crippen LogP contribution < -0.4 is 10.7 Å². The van der Waals surface area contributed by atoms with Crippen LogP contribution in [0, 0.1) is 0 Å². The van der Waals surface area contributed by atoms with E-state index in [9.17, 15) is 22.0 Å². The molecule has 15 heavy (non-hydrogen) atoms. The average molecular weight is 259 g/mol. The second-order valence-electron chi connectivity index (χ2n) is 2.57. The molecular formula is C6H5ClF2N2O3S. The highest BCUT2D eigenvalue weighted by molar-refractivity contribution is 7.89. The summed E-state index contributed by atoms with van der Waals surface area (Å²) in [6.07, 6.45) is -3.15. The van der Waals surface area contributed by atoms with Crippen LogP contribution in [0.25, 0.3) is 0 Å². The Balaban J connectivity index is 3.70. The molecule has 0 fully saturated rings. The number of primary sulfonamides is 1. The largest absolute Gasteiger partial charge is 0.312 e. The Labute approximate surface area is 87.9 Å². The van der Waals surface area contributed by atoms with Gasteiger partial charge in [-0.05, 0) is 0 Å². The lowest BCUT2D eigenvalue weighted by Gasteiger charge is -2.07. The van der Waals surface area contributed by atoms with Crippen molar-refractivity contribution in [3.05, 3.63) is 27.1 Å². The summed E-state index contributed by atoms with van der Waals surface area (Å²) >= 11 is 5.28. The zero-order valence-corrected chi connectivity index (χ0v) is 8.57. The summed E-state index contributed by atoms with van der Waals surface area (Å²) in [6.45, 7) is 0. The van der Waals surface area contributed by atoms with Crippen molar-refractivity contribution in [2.24, 2.45) is 5.14 Å². The van der Waals surface area contributed by atoms with E-state index < -0.39 is 37.6 Å². The van der Waals surface area contributed by atoms with Crippen LogP contribution in [0.4, 0.5) is 8.78 Å². The van der Waals surface area contributed by atoms with E-state index in [0.717, 1.165) is 0 Å². The third kappa shape index (κ3) is 2.52. The Morgan fingerprint density at radius 3 is 2.40 bits per heavy atom. The van der Waals surface area contributed by atoms with Crippen molar-refractivity contribution in [1.82, 2.24) is 4.98 Å². The number of rotatable bonds is 2. The first-order valence-electron chi connectivity index (χ1n) is 3.47. The molecule has 5 nitrogen and oxygen atoms in total. The maximum absolute atomic E-state index is 12.4. The van der Waals surface area contributed by atoms with Crippen molar-refractivity contribution in [1.29, 1.82) is 0 Å². The van der Waals surface area contributed by atoms with E-state index in [1.165, 1.54) is 0 Å². The molecule has 0 amide bonds. The van der Waals surface area contributed by atoms with Gasteiger partial charge in [0.05, 0.1) is 10.5 Å². The van der Waals surface area contributed by atoms with Crippen molar-refractivity contribution in [3.8, 4) is 0 Å². The molecule has 1 aromatic heterocycles. The van der Waals surface area contributed by atoms with Gasteiger partial charge in [0.2, 0.25) is 15.6 Å². The van der Waals surface area contributed by atoms with Crippen LogP contribution >= 0.6 is 11.6 Å². The highest BCUT2D eigenvalue weighted by Gasteiger charge is 2.24. The molecule has 84 valence electrons. The normalized spacial score (nSPS) is 12.1. The Morgan fingerprint density at radius 1 is 1.47 bits per heavy atom. The third-order valence-corrected chi connectivity index (χ3v) is 2.77. The van der Waals surface area contributed by atoms with Gasteiger partial charge in [-0.25, -0.2) is 22.3 Å². The van der Waals surface area contributed by atoms with E-state index in [1.807, 2.05) is 4.98 Å². The fourth-order valence-electron chi connectivity index (χ4n) is 0.955. The number of halogens is 3. The highest BCUT2D eigenvalue weighted by atomic mass is 35.5. The highest BCUT2D eigenvalue weighted by Crippen LogP contribution is 2.29. The fourth-order valence-corrected chi connectivity index (χ4v) is 2.06. The monoisotopic (exact) mass is 258 g/mol. The van der Waals surface area contributed by atoms with Crippen molar-refractivity contribution >= 4 is 21.6 Å². The molecule has 1 aromatic rings. The first kappa shape index (κ1) is 12.1. The third-order valence-electron chi connectivity index (χ3n) is 1.52. The average Bonchev–Trinajstić information content (AvgIpc) is 1.99. The standard InChI is InChI=1S/C6H5ClF2N2O3S/c7-5-4(6(8)9)2(15(10,13)14)1-3(12)11-5/h1,6H,(H,11,12)(H2,10,13,14). The Kier molecular flexibility index (Phi) is 3.12. The number of hydrogen-bond acceptors (Lipinski definition) is 3. The SMILES string of the molecule is NS(=O)(=O)c1cc(=O)[nH]c(Cl)c1C(F)F. The number of aromatic amines is 1.